The Morgan fingerprint density at radius 2 is 2.39 bits per heavy atom. The maximum absolute atomic E-state index is 11.2. The summed E-state index contributed by atoms with van der Waals surface area (Å²) in [7, 11) is 0. The van der Waals surface area contributed by atoms with Gasteiger partial charge in [-0.2, -0.15) is 0 Å². The summed E-state index contributed by atoms with van der Waals surface area (Å²) in [6.07, 6.45) is 10.3. The maximum atomic E-state index is 11.2. The summed E-state index contributed by atoms with van der Waals surface area (Å²) < 4.78 is 16.6. The zero-order valence-electron chi connectivity index (χ0n) is 10.7. The molecule has 2 rings (SSSR count). The van der Waals surface area contributed by atoms with Crippen molar-refractivity contribution in [2.75, 3.05) is 6.61 Å². The van der Waals surface area contributed by atoms with E-state index in [0.29, 0.717) is 0 Å². The summed E-state index contributed by atoms with van der Waals surface area (Å²) in [4.78, 5) is 11.2. The van der Waals surface area contributed by atoms with E-state index in [4.69, 9.17) is 14.2 Å². The first-order valence-corrected chi connectivity index (χ1v) is 6.62. The van der Waals surface area contributed by atoms with Gasteiger partial charge in [-0.1, -0.05) is 13.0 Å². The second-order valence-corrected chi connectivity index (χ2v) is 4.49. The molecule has 4 nitrogen and oxygen atoms in total. The summed E-state index contributed by atoms with van der Waals surface area (Å²) in [5.74, 6) is -0.315. The first-order chi connectivity index (χ1) is 8.79. The van der Waals surface area contributed by atoms with Gasteiger partial charge in [0.15, 0.2) is 12.4 Å². The Balaban J connectivity index is 1.96. The molecule has 0 aliphatic carbocycles. The third kappa shape index (κ3) is 3.68. The van der Waals surface area contributed by atoms with Crippen LogP contribution >= 0.6 is 0 Å². The fraction of sp³-hybridized carbons (Fsp3) is 0.643. The van der Waals surface area contributed by atoms with Crippen LogP contribution in [0.2, 0.25) is 0 Å². The molecule has 0 saturated carbocycles. The number of carbonyl (C=O) groups is 1. The molecule has 1 saturated heterocycles. The minimum Gasteiger partial charge on any atom is -0.452 e. The van der Waals surface area contributed by atoms with Crippen LogP contribution in [0.1, 0.15) is 32.6 Å². The smallest absolute Gasteiger partial charge is 0.331 e. The lowest BCUT2D eigenvalue weighted by Crippen LogP contribution is -2.38. The second kappa shape index (κ2) is 6.71. The molecule has 1 unspecified atom stereocenters. The van der Waals surface area contributed by atoms with E-state index in [-0.39, 0.29) is 24.5 Å². The topological polar surface area (TPSA) is 44.8 Å². The molecule has 3 atom stereocenters. The zero-order chi connectivity index (χ0) is 12.8. The Bertz CT molecular complexity index is 329. The minimum atomic E-state index is -0.340. The highest BCUT2D eigenvalue weighted by Crippen LogP contribution is 2.21. The van der Waals surface area contributed by atoms with Gasteiger partial charge >= 0.3 is 5.97 Å². The maximum Gasteiger partial charge on any atom is 0.331 e. The molecule has 0 aromatic rings. The first-order valence-electron chi connectivity index (χ1n) is 6.62. The van der Waals surface area contributed by atoms with Gasteiger partial charge in [0.25, 0.3) is 0 Å². The van der Waals surface area contributed by atoms with Crippen molar-refractivity contribution in [2.45, 2.75) is 51.1 Å². The van der Waals surface area contributed by atoms with Crippen molar-refractivity contribution in [3.63, 3.8) is 0 Å². The number of esters is 1. The standard InChI is InChI=1S/C14H20O4/c1-2-3-6-11-12(8-9-13(15)17-11)18-14-7-4-5-10-16-14/h3,6,8-9,11-12,14H,2,4-5,7,10H2,1H3/b6-3+/t11-,12-,14?/m0/s1. The predicted octanol–water partition coefficient (Wildman–Crippen LogP) is 2.35. The van der Waals surface area contributed by atoms with Crippen molar-refractivity contribution in [1.29, 1.82) is 0 Å². The molecule has 0 spiro atoms. The molecule has 100 valence electrons. The molecule has 2 heterocycles. The normalized spacial score (nSPS) is 32.7. The third-order valence-electron chi connectivity index (χ3n) is 3.01. The van der Waals surface area contributed by atoms with Gasteiger partial charge in [0.1, 0.15) is 6.10 Å². The lowest BCUT2D eigenvalue weighted by atomic mass is 10.1. The average Bonchev–Trinajstić information content (AvgIpc) is 2.40. The van der Waals surface area contributed by atoms with Crippen LogP contribution in [0, 0.1) is 0 Å². The molecule has 0 aromatic heterocycles. The van der Waals surface area contributed by atoms with Crippen LogP contribution in [0.25, 0.3) is 0 Å². The van der Waals surface area contributed by atoms with Crippen LogP contribution in [0.15, 0.2) is 24.3 Å². The zero-order valence-corrected chi connectivity index (χ0v) is 10.7. The molecule has 0 N–H and O–H groups in total. The molecule has 2 aliphatic rings. The van der Waals surface area contributed by atoms with E-state index in [2.05, 4.69) is 0 Å². The van der Waals surface area contributed by atoms with Gasteiger partial charge in [-0.25, -0.2) is 4.79 Å². The molecule has 1 fully saturated rings. The number of carbonyl (C=O) groups excluding carboxylic acids is 1. The van der Waals surface area contributed by atoms with E-state index < -0.39 is 0 Å². The summed E-state index contributed by atoms with van der Waals surface area (Å²) >= 11 is 0. The van der Waals surface area contributed by atoms with Crippen molar-refractivity contribution in [1.82, 2.24) is 0 Å². The first kappa shape index (κ1) is 13.3. The summed E-state index contributed by atoms with van der Waals surface area (Å²) in [6, 6.07) is 0. The van der Waals surface area contributed by atoms with Crippen LogP contribution in [0.4, 0.5) is 0 Å². The van der Waals surface area contributed by atoms with E-state index >= 15 is 0 Å². The number of ether oxygens (including phenoxy) is 3. The SMILES string of the molecule is CC/C=C/[C@@H]1OC(=O)C=C[C@@H]1OC1CCCCO1. The fourth-order valence-electron chi connectivity index (χ4n) is 2.06. The highest BCUT2D eigenvalue weighted by molar-refractivity contribution is 5.83. The van der Waals surface area contributed by atoms with E-state index in [1.165, 1.54) is 6.08 Å². The van der Waals surface area contributed by atoms with Crippen molar-refractivity contribution in [3.05, 3.63) is 24.3 Å². The molecule has 0 amide bonds. The Labute approximate surface area is 108 Å². The highest BCUT2D eigenvalue weighted by atomic mass is 16.7. The lowest BCUT2D eigenvalue weighted by molar-refractivity contribution is -0.199. The minimum absolute atomic E-state index is 0.178. The van der Waals surface area contributed by atoms with Gasteiger partial charge in [-0.3, -0.25) is 0 Å². The van der Waals surface area contributed by atoms with Gasteiger partial charge in [-0.15, -0.1) is 0 Å². The Morgan fingerprint density at radius 3 is 3.11 bits per heavy atom. The van der Waals surface area contributed by atoms with Crippen molar-refractivity contribution in [3.8, 4) is 0 Å². The van der Waals surface area contributed by atoms with Crippen LogP contribution in [-0.2, 0) is 19.0 Å². The van der Waals surface area contributed by atoms with E-state index in [0.717, 1.165) is 32.3 Å². The molecular weight excluding hydrogens is 232 g/mol. The second-order valence-electron chi connectivity index (χ2n) is 4.49. The molecule has 18 heavy (non-hydrogen) atoms. The van der Waals surface area contributed by atoms with Crippen LogP contribution < -0.4 is 0 Å². The monoisotopic (exact) mass is 252 g/mol. The quantitative estimate of drug-likeness (QED) is 0.569. The number of rotatable bonds is 4. The summed E-state index contributed by atoms with van der Waals surface area (Å²) in [5, 5.41) is 0. The van der Waals surface area contributed by atoms with Crippen molar-refractivity contribution >= 4 is 5.97 Å². The molecule has 0 radical (unpaired) electrons. The van der Waals surface area contributed by atoms with Gasteiger partial charge in [-0.05, 0) is 37.8 Å². The van der Waals surface area contributed by atoms with E-state index in [1.807, 2.05) is 19.1 Å². The number of cyclic esters (lactones) is 1. The van der Waals surface area contributed by atoms with Crippen molar-refractivity contribution in [2.24, 2.45) is 0 Å². The average molecular weight is 252 g/mol. The molecule has 4 heteroatoms. The number of hydrogen-bond acceptors (Lipinski definition) is 4. The molecule has 0 bridgehead atoms. The Hall–Kier alpha value is -1.13. The molecule has 2 aliphatic heterocycles. The highest BCUT2D eigenvalue weighted by Gasteiger charge is 2.28. The summed E-state index contributed by atoms with van der Waals surface area (Å²) in [6.45, 7) is 2.79. The Morgan fingerprint density at radius 1 is 1.50 bits per heavy atom. The molecule has 0 aromatic carbocycles. The van der Waals surface area contributed by atoms with Crippen molar-refractivity contribution < 1.29 is 19.0 Å². The van der Waals surface area contributed by atoms with E-state index in [9.17, 15) is 4.79 Å². The van der Waals surface area contributed by atoms with Gasteiger partial charge < -0.3 is 14.2 Å². The largest absolute Gasteiger partial charge is 0.452 e. The van der Waals surface area contributed by atoms with Gasteiger partial charge in [0.05, 0.1) is 0 Å². The summed E-state index contributed by atoms with van der Waals surface area (Å²) in [5.41, 5.74) is 0. The molecular formula is C14H20O4. The van der Waals surface area contributed by atoms with Gasteiger partial charge in [0.2, 0.25) is 0 Å². The Kier molecular flexibility index (Phi) is 4.96. The van der Waals surface area contributed by atoms with Crippen LogP contribution in [0.3, 0.4) is 0 Å². The fourth-order valence-corrected chi connectivity index (χ4v) is 2.06. The lowest BCUT2D eigenvalue weighted by Gasteiger charge is -2.31. The van der Waals surface area contributed by atoms with Crippen LogP contribution in [0.5, 0.6) is 0 Å². The van der Waals surface area contributed by atoms with Crippen LogP contribution in [-0.4, -0.2) is 31.1 Å². The van der Waals surface area contributed by atoms with E-state index in [1.54, 1.807) is 6.08 Å². The number of hydrogen-bond donors (Lipinski definition) is 0. The number of allylic oxidation sites excluding steroid dienone is 1. The van der Waals surface area contributed by atoms with Gasteiger partial charge in [0, 0.05) is 12.7 Å². The third-order valence-corrected chi connectivity index (χ3v) is 3.01. The predicted molar refractivity (Wildman–Crippen MR) is 66.9 cm³/mol.